The summed E-state index contributed by atoms with van der Waals surface area (Å²) in [5.74, 6) is 5.12. The van der Waals surface area contributed by atoms with Crippen molar-refractivity contribution in [1.82, 2.24) is 0 Å². The number of nitrogens with zero attached hydrogens (tertiary/aromatic N) is 1. The average Bonchev–Trinajstić information content (AvgIpc) is 2.10. The first-order chi connectivity index (χ1) is 6.27. The maximum absolute atomic E-state index is 5.12. The van der Waals surface area contributed by atoms with Gasteiger partial charge in [-0.2, -0.15) is 5.10 Å². The van der Waals surface area contributed by atoms with Crippen LogP contribution in [0.4, 0.5) is 5.69 Å². The van der Waals surface area contributed by atoms with E-state index in [1.165, 1.54) is 5.56 Å². The zero-order valence-corrected chi connectivity index (χ0v) is 8.04. The SMILES string of the molecule is CCNc1ccc(C)cc1/C=N/N. The minimum atomic E-state index is 0.897. The Labute approximate surface area is 78.6 Å². The molecule has 1 aromatic rings. The van der Waals surface area contributed by atoms with E-state index in [2.05, 4.69) is 23.4 Å². The normalized spacial score (nSPS) is 10.6. The molecule has 0 bridgehead atoms. The number of benzene rings is 1. The molecule has 0 radical (unpaired) electrons. The van der Waals surface area contributed by atoms with Crippen LogP contribution in [0, 0.1) is 6.92 Å². The number of hydrogen-bond donors (Lipinski definition) is 2. The van der Waals surface area contributed by atoms with Crippen LogP contribution in [0.2, 0.25) is 0 Å². The second-order valence-corrected chi connectivity index (χ2v) is 2.90. The molecule has 3 heteroatoms. The maximum Gasteiger partial charge on any atom is 0.0558 e. The van der Waals surface area contributed by atoms with Crippen LogP contribution in [-0.4, -0.2) is 12.8 Å². The van der Waals surface area contributed by atoms with E-state index in [1.807, 2.05) is 19.1 Å². The van der Waals surface area contributed by atoms with Crippen molar-refractivity contribution in [2.24, 2.45) is 10.9 Å². The van der Waals surface area contributed by atoms with Gasteiger partial charge in [0.2, 0.25) is 0 Å². The van der Waals surface area contributed by atoms with E-state index >= 15 is 0 Å². The number of aryl methyl sites for hydroxylation is 1. The van der Waals surface area contributed by atoms with Crippen LogP contribution in [0.25, 0.3) is 0 Å². The highest BCUT2D eigenvalue weighted by atomic mass is 15.1. The first-order valence-electron chi connectivity index (χ1n) is 4.35. The van der Waals surface area contributed by atoms with Crippen molar-refractivity contribution < 1.29 is 0 Å². The molecule has 0 heterocycles. The minimum Gasteiger partial charge on any atom is -0.385 e. The molecule has 3 nitrogen and oxygen atoms in total. The van der Waals surface area contributed by atoms with Crippen molar-refractivity contribution in [2.45, 2.75) is 13.8 Å². The molecule has 0 amide bonds. The fraction of sp³-hybridized carbons (Fsp3) is 0.300. The second kappa shape index (κ2) is 4.50. The highest BCUT2D eigenvalue weighted by Crippen LogP contribution is 2.14. The molecule has 3 N–H and O–H groups in total. The molecule has 0 spiro atoms. The van der Waals surface area contributed by atoms with Gasteiger partial charge in [0.1, 0.15) is 0 Å². The van der Waals surface area contributed by atoms with E-state index in [1.54, 1.807) is 6.21 Å². The van der Waals surface area contributed by atoms with Gasteiger partial charge in [-0.15, -0.1) is 0 Å². The summed E-state index contributed by atoms with van der Waals surface area (Å²) in [7, 11) is 0. The molecule has 0 aliphatic heterocycles. The van der Waals surface area contributed by atoms with Gasteiger partial charge in [0.15, 0.2) is 0 Å². The zero-order valence-electron chi connectivity index (χ0n) is 8.04. The quantitative estimate of drug-likeness (QED) is 0.419. The molecule has 0 aliphatic rings. The first kappa shape index (κ1) is 9.58. The standard InChI is InChI=1S/C10H15N3/c1-3-12-10-5-4-8(2)6-9(10)7-13-11/h4-7,12H,3,11H2,1-2H3/b13-7+. The fourth-order valence-electron chi connectivity index (χ4n) is 1.22. The molecular weight excluding hydrogens is 162 g/mol. The van der Waals surface area contributed by atoms with Crippen molar-refractivity contribution in [2.75, 3.05) is 11.9 Å². The Bertz CT molecular complexity index is 305. The maximum atomic E-state index is 5.12. The van der Waals surface area contributed by atoms with E-state index in [0.717, 1.165) is 17.8 Å². The third kappa shape index (κ3) is 2.47. The smallest absolute Gasteiger partial charge is 0.0558 e. The van der Waals surface area contributed by atoms with Gasteiger partial charge in [0.25, 0.3) is 0 Å². The molecule has 13 heavy (non-hydrogen) atoms. The van der Waals surface area contributed by atoms with Gasteiger partial charge in [0, 0.05) is 17.8 Å². The summed E-state index contributed by atoms with van der Waals surface area (Å²) < 4.78 is 0. The molecule has 0 aromatic heterocycles. The minimum absolute atomic E-state index is 0.897. The largest absolute Gasteiger partial charge is 0.385 e. The second-order valence-electron chi connectivity index (χ2n) is 2.90. The molecule has 0 atom stereocenters. The first-order valence-corrected chi connectivity index (χ1v) is 4.35. The Morgan fingerprint density at radius 3 is 2.92 bits per heavy atom. The van der Waals surface area contributed by atoms with Gasteiger partial charge in [-0.05, 0) is 26.0 Å². The van der Waals surface area contributed by atoms with E-state index < -0.39 is 0 Å². The van der Waals surface area contributed by atoms with Crippen LogP contribution < -0.4 is 11.2 Å². The third-order valence-electron chi connectivity index (χ3n) is 1.79. The van der Waals surface area contributed by atoms with Crippen LogP contribution in [0.3, 0.4) is 0 Å². The van der Waals surface area contributed by atoms with Crippen molar-refractivity contribution in [1.29, 1.82) is 0 Å². The summed E-state index contributed by atoms with van der Waals surface area (Å²) in [6.45, 7) is 5.00. The Morgan fingerprint density at radius 2 is 2.31 bits per heavy atom. The van der Waals surface area contributed by atoms with Crippen molar-refractivity contribution >= 4 is 11.9 Å². The number of anilines is 1. The number of rotatable bonds is 3. The van der Waals surface area contributed by atoms with E-state index in [0.29, 0.717) is 0 Å². The van der Waals surface area contributed by atoms with Gasteiger partial charge >= 0.3 is 0 Å². The summed E-state index contributed by atoms with van der Waals surface area (Å²) >= 11 is 0. The lowest BCUT2D eigenvalue weighted by atomic mass is 10.1. The predicted octanol–water partition coefficient (Wildman–Crippen LogP) is 1.72. The summed E-state index contributed by atoms with van der Waals surface area (Å²) in [5, 5.41) is 6.77. The summed E-state index contributed by atoms with van der Waals surface area (Å²) in [5.41, 5.74) is 3.31. The zero-order chi connectivity index (χ0) is 9.68. The molecule has 0 fully saturated rings. The van der Waals surface area contributed by atoms with Gasteiger partial charge in [-0.25, -0.2) is 0 Å². The number of hydrogen-bond acceptors (Lipinski definition) is 3. The molecular formula is C10H15N3. The van der Waals surface area contributed by atoms with Crippen molar-refractivity contribution in [3.8, 4) is 0 Å². The monoisotopic (exact) mass is 177 g/mol. The van der Waals surface area contributed by atoms with Crippen molar-refractivity contribution in [3.05, 3.63) is 29.3 Å². The van der Waals surface area contributed by atoms with E-state index in [-0.39, 0.29) is 0 Å². The van der Waals surface area contributed by atoms with Crippen LogP contribution in [0.15, 0.2) is 23.3 Å². The van der Waals surface area contributed by atoms with Gasteiger partial charge in [-0.3, -0.25) is 0 Å². The molecule has 1 rings (SSSR count). The lowest BCUT2D eigenvalue weighted by Gasteiger charge is -2.07. The predicted molar refractivity (Wildman–Crippen MR) is 57.1 cm³/mol. The topological polar surface area (TPSA) is 50.4 Å². The Balaban J connectivity index is 3.03. The Kier molecular flexibility index (Phi) is 3.31. The van der Waals surface area contributed by atoms with Crippen LogP contribution in [0.5, 0.6) is 0 Å². The van der Waals surface area contributed by atoms with Gasteiger partial charge in [0.05, 0.1) is 6.21 Å². The highest BCUT2D eigenvalue weighted by Gasteiger charge is 1.98. The molecule has 0 aliphatic carbocycles. The summed E-state index contributed by atoms with van der Waals surface area (Å²) in [6.07, 6.45) is 1.66. The molecule has 0 unspecified atom stereocenters. The Morgan fingerprint density at radius 1 is 1.54 bits per heavy atom. The lowest BCUT2D eigenvalue weighted by molar-refractivity contribution is 1.20. The summed E-state index contributed by atoms with van der Waals surface area (Å²) in [6, 6.07) is 6.15. The van der Waals surface area contributed by atoms with Crippen LogP contribution in [0.1, 0.15) is 18.1 Å². The average molecular weight is 177 g/mol. The van der Waals surface area contributed by atoms with E-state index in [9.17, 15) is 0 Å². The lowest BCUT2D eigenvalue weighted by Crippen LogP contribution is -2.01. The molecule has 70 valence electrons. The molecule has 0 saturated carbocycles. The third-order valence-corrected chi connectivity index (χ3v) is 1.79. The van der Waals surface area contributed by atoms with Crippen LogP contribution >= 0.6 is 0 Å². The molecule has 0 saturated heterocycles. The van der Waals surface area contributed by atoms with Crippen molar-refractivity contribution in [3.63, 3.8) is 0 Å². The van der Waals surface area contributed by atoms with Gasteiger partial charge in [-0.1, -0.05) is 11.6 Å². The van der Waals surface area contributed by atoms with Crippen LogP contribution in [-0.2, 0) is 0 Å². The summed E-state index contributed by atoms with van der Waals surface area (Å²) in [4.78, 5) is 0. The Hall–Kier alpha value is -1.51. The highest BCUT2D eigenvalue weighted by molar-refractivity contribution is 5.87. The fourth-order valence-corrected chi connectivity index (χ4v) is 1.22. The number of nitrogens with one attached hydrogen (secondary N) is 1. The number of nitrogens with two attached hydrogens (primary N) is 1. The van der Waals surface area contributed by atoms with Gasteiger partial charge < -0.3 is 11.2 Å². The number of hydrazone groups is 1. The van der Waals surface area contributed by atoms with E-state index in [4.69, 9.17) is 5.84 Å². The molecule has 1 aromatic carbocycles.